The fourth-order valence-corrected chi connectivity index (χ4v) is 2.61. The maximum atomic E-state index is 11.4. The topological polar surface area (TPSA) is 38.3 Å². The van der Waals surface area contributed by atoms with Gasteiger partial charge in [-0.05, 0) is 43.4 Å². The number of rotatable bonds is 5. The zero-order chi connectivity index (χ0) is 15.4. The molecule has 0 aliphatic rings. The highest BCUT2D eigenvalue weighted by Gasteiger charge is 2.24. The molecule has 0 saturated carbocycles. The Kier molecular flexibility index (Phi) is 5.35. The molecule has 0 bridgehead atoms. The van der Waals surface area contributed by atoms with Crippen LogP contribution in [0.3, 0.4) is 0 Å². The van der Waals surface area contributed by atoms with Crippen molar-refractivity contribution in [2.24, 2.45) is 5.41 Å². The van der Waals surface area contributed by atoms with Crippen LogP contribution in [0.5, 0.6) is 0 Å². The minimum Gasteiger partial charge on any atom is -0.465 e. The zero-order valence-electron chi connectivity index (χ0n) is 13.5. The number of hydrogen-bond donors (Lipinski definition) is 1. The second-order valence-electron chi connectivity index (χ2n) is 7.16. The molecule has 0 aliphatic heterocycles. The third-order valence-electron chi connectivity index (χ3n) is 3.12. The highest BCUT2D eigenvalue weighted by atomic mass is 16.5. The van der Waals surface area contributed by atoms with Crippen LogP contribution in [0.15, 0.2) is 24.3 Å². The molecule has 0 spiro atoms. The van der Waals surface area contributed by atoms with Gasteiger partial charge in [0, 0.05) is 12.1 Å². The van der Waals surface area contributed by atoms with E-state index in [0.717, 1.165) is 13.0 Å². The van der Waals surface area contributed by atoms with Gasteiger partial charge < -0.3 is 10.1 Å². The van der Waals surface area contributed by atoms with Gasteiger partial charge in [-0.25, -0.2) is 4.79 Å². The predicted octanol–water partition coefficient (Wildman–Crippen LogP) is 3.78. The van der Waals surface area contributed by atoms with Crippen LogP contribution in [0.1, 0.15) is 57.0 Å². The summed E-state index contributed by atoms with van der Waals surface area (Å²) >= 11 is 0. The molecule has 20 heavy (non-hydrogen) atoms. The molecule has 0 aliphatic carbocycles. The van der Waals surface area contributed by atoms with Crippen molar-refractivity contribution in [2.75, 3.05) is 7.11 Å². The number of nitrogens with one attached hydrogen (secondary N) is 1. The monoisotopic (exact) mass is 277 g/mol. The van der Waals surface area contributed by atoms with Crippen molar-refractivity contribution in [3.8, 4) is 0 Å². The molecule has 0 radical (unpaired) electrons. The third-order valence-corrected chi connectivity index (χ3v) is 3.12. The second kappa shape index (κ2) is 6.40. The summed E-state index contributed by atoms with van der Waals surface area (Å²) in [5.41, 5.74) is 2.13. The van der Waals surface area contributed by atoms with Gasteiger partial charge in [-0.2, -0.15) is 0 Å². The second-order valence-corrected chi connectivity index (χ2v) is 7.16. The molecular weight excluding hydrogens is 250 g/mol. The smallest absolute Gasteiger partial charge is 0.337 e. The van der Waals surface area contributed by atoms with E-state index in [-0.39, 0.29) is 11.5 Å². The third kappa shape index (κ3) is 5.74. The standard InChI is InChI=1S/C17H27NO2/c1-16(2,3)12-17(4,5)18-11-13-7-9-14(10-8-13)15(19)20-6/h7-10,18H,11-12H2,1-6H3. The summed E-state index contributed by atoms with van der Waals surface area (Å²) in [5.74, 6) is -0.294. The Balaban J connectivity index is 2.59. The van der Waals surface area contributed by atoms with Crippen molar-refractivity contribution in [1.29, 1.82) is 0 Å². The first kappa shape index (κ1) is 16.7. The first-order chi connectivity index (χ1) is 9.13. The van der Waals surface area contributed by atoms with Gasteiger partial charge in [0.15, 0.2) is 0 Å². The Morgan fingerprint density at radius 2 is 1.65 bits per heavy atom. The summed E-state index contributed by atoms with van der Waals surface area (Å²) in [4.78, 5) is 11.4. The van der Waals surface area contributed by atoms with E-state index in [9.17, 15) is 4.79 Å². The lowest BCUT2D eigenvalue weighted by molar-refractivity contribution is 0.0600. The van der Waals surface area contributed by atoms with E-state index in [1.165, 1.54) is 12.7 Å². The van der Waals surface area contributed by atoms with Gasteiger partial charge in [-0.1, -0.05) is 32.9 Å². The van der Waals surface area contributed by atoms with Crippen LogP contribution in [0.4, 0.5) is 0 Å². The van der Waals surface area contributed by atoms with Crippen LogP contribution in [0.25, 0.3) is 0 Å². The van der Waals surface area contributed by atoms with Crippen molar-refractivity contribution in [1.82, 2.24) is 5.32 Å². The lowest BCUT2D eigenvalue weighted by Crippen LogP contribution is -2.41. The molecule has 0 saturated heterocycles. The fraction of sp³-hybridized carbons (Fsp3) is 0.588. The van der Waals surface area contributed by atoms with E-state index in [0.29, 0.717) is 11.0 Å². The summed E-state index contributed by atoms with van der Waals surface area (Å²) in [6.45, 7) is 12.0. The Labute approximate surface area is 122 Å². The summed E-state index contributed by atoms with van der Waals surface area (Å²) < 4.78 is 4.69. The number of benzene rings is 1. The van der Waals surface area contributed by atoms with E-state index < -0.39 is 0 Å². The normalized spacial score (nSPS) is 12.3. The van der Waals surface area contributed by atoms with Crippen molar-refractivity contribution in [3.63, 3.8) is 0 Å². The largest absolute Gasteiger partial charge is 0.465 e. The fourth-order valence-electron chi connectivity index (χ4n) is 2.61. The molecule has 0 atom stereocenters. The van der Waals surface area contributed by atoms with Crippen LogP contribution in [0.2, 0.25) is 0 Å². The maximum Gasteiger partial charge on any atom is 0.337 e. The van der Waals surface area contributed by atoms with E-state index in [2.05, 4.69) is 39.9 Å². The van der Waals surface area contributed by atoms with Crippen molar-refractivity contribution in [2.45, 2.75) is 53.1 Å². The van der Waals surface area contributed by atoms with Gasteiger partial charge in [0.2, 0.25) is 0 Å². The minimum atomic E-state index is -0.294. The van der Waals surface area contributed by atoms with Crippen LogP contribution in [0, 0.1) is 5.41 Å². The lowest BCUT2D eigenvalue weighted by atomic mass is 9.82. The maximum absolute atomic E-state index is 11.4. The van der Waals surface area contributed by atoms with Crippen LogP contribution in [-0.4, -0.2) is 18.6 Å². The van der Waals surface area contributed by atoms with E-state index in [1.807, 2.05) is 12.1 Å². The highest BCUT2D eigenvalue weighted by molar-refractivity contribution is 5.89. The van der Waals surface area contributed by atoms with Gasteiger partial charge in [-0.3, -0.25) is 0 Å². The molecule has 0 aromatic heterocycles. The van der Waals surface area contributed by atoms with Crippen molar-refractivity contribution in [3.05, 3.63) is 35.4 Å². The summed E-state index contributed by atoms with van der Waals surface area (Å²) in [6.07, 6.45) is 1.10. The van der Waals surface area contributed by atoms with Gasteiger partial charge in [0.05, 0.1) is 12.7 Å². The minimum absolute atomic E-state index is 0.0826. The molecule has 1 N–H and O–H groups in total. The van der Waals surface area contributed by atoms with Gasteiger partial charge >= 0.3 is 5.97 Å². The Morgan fingerprint density at radius 1 is 1.10 bits per heavy atom. The molecule has 3 nitrogen and oxygen atoms in total. The first-order valence-electron chi connectivity index (χ1n) is 7.05. The summed E-state index contributed by atoms with van der Waals surface area (Å²) in [7, 11) is 1.40. The molecule has 0 unspecified atom stereocenters. The first-order valence-corrected chi connectivity index (χ1v) is 7.05. The Bertz CT molecular complexity index is 441. The quantitative estimate of drug-likeness (QED) is 0.832. The molecular formula is C17H27NO2. The predicted molar refractivity (Wildman–Crippen MR) is 82.8 cm³/mol. The summed E-state index contributed by atoms with van der Waals surface area (Å²) in [5, 5.41) is 3.58. The van der Waals surface area contributed by atoms with E-state index >= 15 is 0 Å². The SMILES string of the molecule is COC(=O)c1ccc(CNC(C)(C)CC(C)(C)C)cc1. The molecule has 1 aromatic rings. The zero-order valence-corrected chi connectivity index (χ0v) is 13.5. The summed E-state index contributed by atoms with van der Waals surface area (Å²) in [6, 6.07) is 7.54. The van der Waals surface area contributed by atoms with Crippen LogP contribution >= 0.6 is 0 Å². The Morgan fingerprint density at radius 3 is 2.10 bits per heavy atom. The molecule has 1 aromatic carbocycles. The van der Waals surface area contributed by atoms with E-state index in [4.69, 9.17) is 4.74 Å². The molecule has 0 amide bonds. The molecule has 1 rings (SSSR count). The van der Waals surface area contributed by atoms with Gasteiger partial charge in [-0.15, -0.1) is 0 Å². The van der Waals surface area contributed by atoms with Crippen LogP contribution < -0.4 is 5.32 Å². The average molecular weight is 277 g/mol. The average Bonchev–Trinajstić information content (AvgIpc) is 2.33. The van der Waals surface area contributed by atoms with Crippen molar-refractivity contribution >= 4 is 5.97 Å². The number of hydrogen-bond acceptors (Lipinski definition) is 3. The number of carbonyl (C=O) groups excluding carboxylic acids is 1. The number of ether oxygens (including phenoxy) is 1. The molecule has 0 fully saturated rings. The van der Waals surface area contributed by atoms with Crippen LogP contribution in [-0.2, 0) is 11.3 Å². The Hall–Kier alpha value is -1.35. The lowest BCUT2D eigenvalue weighted by Gasteiger charge is -2.33. The number of carbonyl (C=O) groups is 1. The van der Waals surface area contributed by atoms with Gasteiger partial charge in [0.25, 0.3) is 0 Å². The molecule has 3 heteroatoms. The number of esters is 1. The van der Waals surface area contributed by atoms with E-state index in [1.54, 1.807) is 12.1 Å². The highest BCUT2D eigenvalue weighted by Crippen LogP contribution is 2.27. The van der Waals surface area contributed by atoms with Crippen molar-refractivity contribution < 1.29 is 9.53 Å². The molecule has 0 heterocycles. The molecule has 112 valence electrons. The van der Waals surface area contributed by atoms with Gasteiger partial charge in [0.1, 0.15) is 0 Å². The number of methoxy groups -OCH3 is 1.